The zero-order valence-electron chi connectivity index (χ0n) is 17.0. The van der Waals surface area contributed by atoms with Gasteiger partial charge in [-0.1, -0.05) is 15.9 Å². The number of carbonyl (C=O) groups is 1. The average molecular weight is 570 g/mol. The summed E-state index contributed by atoms with van der Waals surface area (Å²) in [6, 6.07) is 7.33. The molecular weight excluding hydrogens is 537 g/mol. The van der Waals surface area contributed by atoms with Gasteiger partial charge in [0, 0.05) is 63.5 Å². The third-order valence-corrected chi connectivity index (χ3v) is 4.46. The van der Waals surface area contributed by atoms with E-state index in [0.717, 1.165) is 56.1 Å². The maximum absolute atomic E-state index is 12.0. The summed E-state index contributed by atoms with van der Waals surface area (Å²) in [5.74, 6) is 0.723. The Kier molecular flexibility index (Phi) is 16.4. The Morgan fingerprint density at radius 1 is 1.07 bits per heavy atom. The van der Waals surface area contributed by atoms with Crippen molar-refractivity contribution in [1.29, 1.82) is 0 Å². The number of carbonyl (C=O) groups excluding carboxylic acids is 1. The van der Waals surface area contributed by atoms with Crippen LogP contribution in [0.1, 0.15) is 23.2 Å². The number of rotatable bonds is 12. The minimum Gasteiger partial charge on any atom is -0.385 e. The molecule has 1 rings (SSSR count). The summed E-state index contributed by atoms with van der Waals surface area (Å²) in [7, 11) is 5.58. The molecule has 0 aliphatic carbocycles. The van der Waals surface area contributed by atoms with Crippen molar-refractivity contribution in [3.05, 3.63) is 34.3 Å². The van der Waals surface area contributed by atoms with Crippen molar-refractivity contribution in [2.45, 2.75) is 12.8 Å². The van der Waals surface area contributed by atoms with Gasteiger partial charge in [-0.05, 0) is 44.2 Å². The maximum Gasteiger partial charge on any atom is 0.251 e. The van der Waals surface area contributed by atoms with Crippen LogP contribution in [0.3, 0.4) is 0 Å². The molecule has 0 spiro atoms. The minimum atomic E-state index is -0.0542. The number of likely N-dealkylation sites (N-methyl/N-ethyl adjacent to an activating group) is 1. The van der Waals surface area contributed by atoms with Gasteiger partial charge < -0.3 is 25.6 Å². The molecule has 0 fully saturated rings. The molecule has 9 heteroatoms. The van der Waals surface area contributed by atoms with Crippen molar-refractivity contribution >= 4 is 51.8 Å². The highest BCUT2D eigenvalue weighted by Gasteiger charge is 2.04. The SMILES string of the molecule is CN=C(NCCCNC(=O)c1ccc(Br)cc1)NCCN(C)CCCOC.I. The fourth-order valence-corrected chi connectivity index (χ4v) is 2.64. The van der Waals surface area contributed by atoms with E-state index >= 15 is 0 Å². The van der Waals surface area contributed by atoms with E-state index in [2.05, 4.69) is 48.8 Å². The summed E-state index contributed by atoms with van der Waals surface area (Å²) in [5, 5.41) is 9.48. The average Bonchev–Trinajstić information content (AvgIpc) is 2.67. The molecule has 0 saturated heterocycles. The molecule has 1 amide bonds. The smallest absolute Gasteiger partial charge is 0.251 e. The zero-order valence-corrected chi connectivity index (χ0v) is 20.9. The minimum absolute atomic E-state index is 0. The van der Waals surface area contributed by atoms with E-state index in [1.54, 1.807) is 26.3 Å². The second-order valence-electron chi connectivity index (χ2n) is 6.19. The van der Waals surface area contributed by atoms with Gasteiger partial charge >= 0.3 is 0 Å². The summed E-state index contributed by atoms with van der Waals surface area (Å²) in [6.45, 7) is 4.92. The molecule has 28 heavy (non-hydrogen) atoms. The second-order valence-corrected chi connectivity index (χ2v) is 7.11. The third kappa shape index (κ3) is 12.5. The van der Waals surface area contributed by atoms with Crippen LogP contribution in [0.25, 0.3) is 0 Å². The van der Waals surface area contributed by atoms with Gasteiger partial charge in [0.1, 0.15) is 0 Å². The first-order valence-electron chi connectivity index (χ1n) is 9.22. The van der Waals surface area contributed by atoms with Crippen LogP contribution in [-0.4, -0.2) is 77.3 Å². The summed E-state index contributed by atoms with van der Waals surface area (Å²) in [5.41, 5.74) is 0.665. The number of hydrogen-bond acceptors (Lipinski definition) is 4. The summed E-state index contributed by atoms with van der Waals surface area (Å²) < 4.78 is 6.02. The van der Waals surface area contributed by atoms with Gasteiger partial charge in [-0.25, -0.2) is 0 Å². The normalized spacial score (nSPS) is 11.1. The number of amides is 1. The summed E-state index contributed by atoms with van der Waals surface area (Å²) in [4.78, 5) is 18.5. The Balaban J connectivity index is 0.00000729. The monoisotopic (exact) mass is 569 g/mol. The van der Waals surface area contributed by atoms with Crippen molar-refractivity contribution in [2.24, 2.45) is 4.99 Å². The lowest BCUT2D eigenvalue weighted by Gasteiger charge is -2.18. The molecule has 0 aliphatic rings. The van der Waals surface area contributed by atoms with E-state index in [1.165, 1.54) is 0 Å². The van der Waals surface area contributed by atoms with Gasteiger partial charge in [-0.2, -0.15) is 0 Å². The first-order chi connectivity index (χ1) is 13.1. The fourth-order valence-electron chi connectivity index (χ4n) is 2.38. The molecule has 0 heterocycles. The Bertz CT molecular complexity index is 572. The van der Waals surface area contributed by atoms with Crippen molar-refractivity contribution < 1.29 is 9.53 Å². The van der Waals surface area contributed by atoms with Crippen molar-refractivity contribution in [3.8, 4) is 0 Å². The van der Waals surface area contributed by atoms with Crippen molar-refractivity contribution in [3.63, 3.8) is 0 Å². The molecule has 0 unspecified atom stereocenters. The van der Waals surface area contributed by atoms with Crippen LogP contribution in [0.4, 0.5) is 0 Å². The van der Waals surface area contributed by atoms with Crippen molar-refractivity contribution in [1.82, 2.24) is 20.9 Å². The molecule has 3 N–H and O–H groups in total. The van der Waals surface area contributed by atoms with Crippen LogP contribution in [-0.2, 0) is 4.74 Å². The van der Waals surface area contributed by atoms with E-state index in [0.29, 0.717) is 12.1 Å². The van der Waals surface area contributed by atoms with Crippen LogP contribution < -0.4 is 16.0 Å². The Morgan fingerprint density at radius 3 is 2.36 bits per heavy atom. The number of benzene rings is 1. The zero-order chi connectivity index (χ0) is 19.9. The fraction of sp³-hybridized carbons (Fsp3) is 0.579. The standard InChI is InChI=1S/C19H32BrN5O2.HI/c1-21-19(24-12-14-25(2)13-5-15-27-3)23-11-4-10-22-18(26)16-6-8-17(20)9-7-16;/h6-9H,4-5,10-15H2,1-3H3,(H,22,26)(H2,21,23,24);1H. The number of methoxy groups -OCH3 is 1. The Hall–Kier alpha value is -0.910. The van der Waals surface area contributed by atoms with Gasteiger partial charge in [0.05, 0.1) is 0 Å². The Labute approximate surface area is 194 Å². The summed E-state index contributed by atoms with van der Waals surface area (Å²) >= 11 is 3.36. The van der Waals surface area contributed by atoms with Crippen LogP contribution in [0.15, 0.2) is 33.7 Å². The first kappa shape index (κ1) is 27.1. The van der Waals surface area contributed by atoms with Gasteiger partial charge in [0.2, 0.25) is 0 Å². The van der Waals surface area contributed by atoms with E-state index < -0.39 is 0 Å². The number of guanidine groups is 1. The summed E-state index contributed by atoms with van der Waals surface area (Å²) in [6.07, 6.45) is 1.85. The van der Waals surface area contributed by atoms with Gasteiger partial charge in [0.25, 0.3) is 5.91 Å². The van der Waals surface area contributed by atoms with Crippen LogP contribution >= 0.6 is 39.9 Å². The molecule has 1 aromatic rings. The van der Waals surface area contributed by atoms with Gasteiger partial charge in [0.15, 0.2) is 5.96 Å². The number of hydrogen-bond donors (Lipinski definition) is 3. The number of nitrogens with one attached hydrogen (secondary N) is 3. The number of ether oxygens (including phenoxy) is 1. The number of halogens is 2. The van der Waals surface area contributed by atoms with Crippen LogP contribution in [0, 0.1) is 0 Å². The third-order valence-electron chi connectivity index (χ3n) is 3.94. The lowest BCUT2D eigenvalue weighted by molar-refractivity contribution is 0.0953. The largest absolute Gasteiger partial charge is 0.385 e. The van der Waals surface area contributed by atoms with E-state index in [1.807, 2.05) is 12.1 Å². The highest BCUT2D eigenvalue weighted by atomic mass is 127. The maximum atomic E-state index is 12.0. The molecule has 1 aromatic carbocycles. The van der Waals surface area contributed by atoms with Gasteiger partial charge in [-0.3, -0.25) is 9.79 Å². The molecule has 0 saturated carbocycles. The van der Waals surface area contributed by atoms with E-state index in [4.69, 9.17) is 4.74 Å². The second kappa shape index (κ2) is 17.0. The van der Waals surface area contributed by atoms with Crippen LogP contribution in [0.2, 0.25) is 0 Å². The molecule has 0 aliphatic heterocycles. The highest BCUT2D eigenvalue weighted by Crippen LogP contribution is 2.10. The van der Waals surface area contributed by atoms with Crippen molar-refractivity contribution in [2.75, 3.05) is 60.5 Å². The quantitative estimate of drug-likeness (QED) is 0.156. The van der Waals surface area contributed by atoms with E-state index in [-0.39, 0.29) is 29.9 Å². The predicted octanol–water partition coefficient (Wildman–Crippen LogP) is 2.32. The molecule has 0 radical (unpaired) electrons. The number of nitrogens with zero attached hydrogens (tertiary/aromatic N) is 2. The number of aliphatic imine (C=N–C) groups is 1. The molecule has 0 atom stereocenters. The first-order valence-corrected chi connectivity index (χ1v) is 10.0. The van der Waals surface area contributed by atoms with E-state index in [9.17, 15) is 4.79 Å². The lowest BCUT2D eigenvalue weighted by Crippen LogP contribution is -2.42. The molecule has 0 aromatic heterocycles. The predicted molar refractivity (Wildman–Crippen MR) is 130 cm³/mol. The van der Waals surface area contributed by atoms with Crippen LogP contribution in [0.5, 0.6) is 0 Å². The molecule has 160 valence electrons. The van der Waals surface area contributed by atoms with Gasteiger partial charge in [-0.15, -0.1) is 24.0 Å². The topological polar surface area (TPSA) is 78.0 Å². The lowest BCUT2D eigenvalue weighted by atomic mass is 10.2. The molecular formula is C19H33BrIN5O2. The highest BCUT2D eigenvalue weighted by molar-refractivity contribution is 14.0. The Morgan fingerprint density at radius 2 is 1.71 bits per heavy atom. The molecule has 7 nitrogen and oxygen atoms in total. The molecule has 0 bridgehead atoms.